The van der Waals surface area contributed by atoms with E-state index in [9.17, 15) is 0 Å². The molecule has 0 amide bonds. The molecule has 0 atom stereocenters. The summed E-state index contributed by atoms with van der Waals surface area (Å²) in [5, 5.41) is 7.91. The van der Waals surface area contributed by atoms with E-state index in [1.54, 1.807) is 28.6 Å². The molecule has 1 fully saturated rings. The Bertz CT molecular complexity index is 570. The molecule has 2 aromatic rings. The molecule has 1 aliphatic rings. The van der Waals surface area contributed by atoms with Gasteiger partial charge in [-0.1, -0.05) is 30.0 Å². The molecule has 0 unspecified atom stereocenters. The maximum Gasteiger partial charge on any atom is 0.174 e. The fourth-order valence-corrected chi connectivity index (χ4v) is 3.72. The van der Waals surface area contributed by atoms with E-state index in [1.165, 1.54) is 11.3 Å². The van der Waals surface area contributed by atoms with Gasteiger partial charge >= 0.3 is 0 Å². The van der Waals surface area contributed by atoms with Crippen LogP contribution in [0.5, 0.6) is 0 Å². The van der Waals surface area contributed by atoms with Crippen molar-refractivity contribution in [1.82, 2.24) is 15.2 Å². The largest absolute Gasteiger partial charge is 0.378 e. The van der Waals surface area contributed by atoms with Gasteiger partial charge in [0.15, 0.2) is 4.34 Å². The van der Waals surface area contributed by atoms with E-state index in [-0.39, 0.29) is 0 Å². The first kappa shape index (κ1) is 14.7. The second-order valence-electron chi connectivity index (χ2n) is 4.75. The van der Waals surface area contributed by atoms with Crippen molar-refractivity contribution in [2.75, 3.05) is 31.2 Å². The number of hydrogen-bond acceptors (Lipinski definition) is 7. The molecule has 0 bridgehead atoms. The van der Waals surface area contributed by atoms with Gasteiger partial charge in [-0.3, -0.25) is 4.98 Å². The summed E-state index contributed by atoms with van der Waals surface area (Å²) in [6, 6.07) is 2.22. The Labute approximate surface area is 132 Å². The summed E-state index contributed by atoms with van der Waals surface area (Å²) in [7, 11) is 0. The molecule has 3 heterocycles. The third kappa shape index (κ3) is 3.72. The minimum Gasteiger partial charge on any atom is -0.378 e. The number of morpholine rings is 1. The highest BCUT2D eigenvalue weighted by molar-refractivity contribution is 8.00. The summed E-state index contributed by atoms with van der Waals surface area (Å²) in [6.07, 6.45) is 3.02. The fourth-order valence-electron chi connectivity index (χ4n) is 2.33. The van der Waals surface area contributed by atoms with Crippen LogP contribution in [0.2, 0.25) is 0 Å². The van der Waals surface area contributed by atoms with E-state index in [4.69, 9.17) is 4.74 Å². The normalized spacial score (nSPS) is 15.4. The molecular weight excluding hydrogens is 304 g/mol. The Kier molecular flexibility index (Phi) is 5.05. The molecule has 112 valence electrons. The zero-order valence-corrected chi connectivity index (χ0v) is 13.6. The van der Waals surface area contributed by atoms with Gasteiger partial charge in [-0.2, -0.15) is 0 Å². The Morgan fingerprint density at radius 1 is 1.38 bits per heavy atom. The molecule has 5 nitrogen and oxygen atoms in total. The monoisotopic (exact) mass is 322 g/mol. The van der Waals surface area contributed by atoms with E-state index in [1.807, 2.05) is 6.20 Å². The molecule has 21 heavy (non-hydrogen) atoms. The Morgan fingerprint density at radius 3 is 2.95 bits per heavy atom. The van der Waals surface area contributed by atoms with E-state index in [0.29, 0.717) is 0 Å². The molecule has 0 N–H and O–H groups in total. The third-order valence-corrected chi connectivity index (χ3v) is 5.33. The SMILES string of the molecule is CCc1cnc(CSc2nncs2)cc1N1CCOCC1. The molecular formula is C14H18N4OS2. The number of aromatic nitrogens is 3. The summed E-state index contributed by atoms with van der Waals surface area (Å²) in [5.41, 5.74) is 5.47. The van der Waals surface area contributed by atoms with Crippen molar-refractivity contribution in [1.29, 1.82) is 0 Å². The lowest BCUT2D eigenvalue weighted by Gasteiger charge is -2.30. The number of aryl methyl sites for hydroxylation is 1. The summed E-state index contributed by atoms with van der Waals surface area (Å²) >= 11 is 3.26. The Morgan fingerprint density at radius 2 is 2.24 bits per heavy atom. The van der Waals surface area contributed by atoms with Gasteiger partial charge in [0.25, 0.3) is 0 Å². The smallest absolute Gasteiger partial charge is 0.174 e. The number of ether oxygens (including phenoxy) is 1. The molecule has 1 aliphatic heterocycles. The van der Waals surface area contributed by atoms with Gasteiger partial charge in [-0.15, -0.1) is 10.2 Å². The van der Waals surface area contributed by atoms with Crippen LogP contribution in [0, 0.1) is 0 Å². The van der Waals surface area contributed by atoms with Crippen molar-refractivity contribution in [2.45, 2.75) is 23.4 Å². The lowest BCUT2D eigenvalue weighted by atomic mass is 10.1. The molecule has 7 heteroatoms. The van der Waals surface area contributed by atoms with Crippen LogP contribution in [-0.2, 0) is 16.9 Å². The Balaban J connectivity index is 1.75. The van der Waals surface area contributed by atoms with Crippen molar-refractivity contribution in [2.24, 2.45) is 0 Å². The first-order valence-corrected chi connectivity index (χ1v) is 8.93. The summed E-state index contributed by atoms with van der Waals surface area (Å²) in [4.78, 5) is 6.99. The van der Waals surface area contributed by atoms with Gasteiger partial charge < -0.3 is 9.64 Å². The van der Waals surface area contributed by atoms with Crippen molar-refractivity contribution in [3.05, 3.63) is 29.0 Å². The number of nitrogens with zero attached hydrogens (tertiary/aromatic N) is 4. The third-order valence-electron chi connectivity index (χ3n) is 3.43. The molecule has 0 radical (unpaired) electrons. The van der Waals surface area contributed by atoms with Gasteiger partial charge in [-0.25, -0.2) is 0 Å². The molecule has 1 saturated heterocycles. The van der Waals surface area contributed by atoms with Gasteiger partial charge in [-0.05, 0) is 18.1 Å². The van der Waals surface area contributed by atoms with Crippen molar-refractivity contribution >= 4 is 28.8 Å². The van der Waals surface area contributed by atoms with Gasteiger partial charge in [0.05, 0.1) is 18.9 Å². The van der Waals surface area contributed by atoms with Crippen LogP contribution in [0.15, 0.2) is 22.1 Å². The van der Waals surface area contributed by atoms with E-state index >= 15 is 0 Å². The minimum atomic E-state index is 0.806. The lowest BCUT2D eigenvalue weighted by Crippen LogP contribution is -2.36. The predicted octanol–water partition coefficient (Wildman–Crippen LogP) is 2.62. The van der Waals surface area contributed by atoms with Crippen LogP contribution >= 0.6 is 23.1 Å². The van der Waals surface area contributed by atoms with Crippen molar-refractivity contribution < 1.29 is 4.74 Å². The molecule has 2 aromatic heterocycles. The van der Waals surface area contributed by atoms with Crippen LogP contribution in [0.3, 0.4) is 0 Å². The predicted molar refractivity (Wildman–Crippen MR) is 86.1 cm³/mol. The number of thioether (sulfide) groups is 1. The maximum absolute atomic E-state index is 5.45. The first-order valence-electron chi connectivity index (χ1n) is 7.06. The summed E-state index contributed by atoms with van der Waals surface area (Å²) < 4.78 is 6.44. The van der Waals surface area contributed by atoms with Gasteiger partial charge in [0, 0.05) is 30.7 Å². The van der Waals surface area contributed by atoms with Crippen LogP contribution in [0.4, 0.5) is 5.69 Å². The van der Waals surface area contributed by atoms with Crippen LogP contribution in [-0.4, -0.2) is 41.5 Å². The lowest BCUT2D eigenvalue weighted by molar-refractivity contribution is 0.122. The molecule has 0 aliphatic carbocycles. The van der Waals surface area contributed by atoms with Gasteiger partial charge in [0.1, 0.15) is 5.51 Å². The highest BCUT2D eigenvalue weighted by atomic mass is 32.2. The second kappa shape index (κ2) is 7.20. The number of anilines is 1. The van der Waals surface area contributed by atoms with Crippen LogP contribution < -0.4 is 4.90 Å². The minimum absolute atomic E-state index is 0.806. The van der Waals surface area contributed by atoms with Crippen LogP contribution in [0.25, 0.3) is 0 Å². The number of pyridine rings is 1. The average molecular weight is 322 g/mol. The number of rotatable bonds is 5. The van der Waals surface area contributed by atoms with Crippen LogP contribution in [0.1, 0.15) is 18.2 Å². The van der Waals surface area contributed by atoms with E-state index < -0.39 is 0 Å². The standard InChI is InChI=1S/C14H18N4OS2/c1-2-11-8-15-12(9-20-14-17-16-10-21-14)7-13(11)18-3-5-19-6-4-18/h7-8,10H,2-6,9H2,1H3. The zero-order chi connectivity index (χ0) is 14.5. The molecule has 3 rings (SSSR count). The summed E-state index contributed by atoms with van der Waals surface area (Å²) in [5.74, 6) is 0.830. The Hall–Kier alpha value is -1.18. The fraction of sp³-hybridized carbons (Fsp3) is 0.500. The molecule has 0 spiro atoms. The van der Waals surface area contributed by atoms with Crippen molar-refractivity contribution in [3.63, 3.8) is 0 Å². The first-order chi connectivity index (χ1) is 10.4. The highest BCUT2D eigenvalue weighted by Gasteiger charge is 2.15. The second-order valence-corrected chi connectivity index (χ2v) is 6.81. The topological polar surface area (TPSA) is 51.1 Å². The highest BCUT2D eigenvalue weighted by Crippen LogP contribution is 2.27. The van der Waals surface area contributed by atoms with Gasteiger partial charge in [0.2, 0.25) is 0 Å². The van der Waals surface area contributed by atoms with E-state index in [0.717, 1.165) is 48.5 Å². The summed E-state index contributed by atoms with van der Waals surface area (Å²) in [6.45, 7) is 5.71. The average Bonchev–Trinajstić information content (AvgIpc) is 3.07. The zero-order valence-electron chi connectivity index (χ0n) is 12.0. The quantitative estimate of drug-likeness (QED) is 0.789. The molecule has 0 aromatic carbocycles. The number of hydrogen-bond donors (Lipinski definition) is 0. The van der Waals surface area contributed by atoms with E-state index in [2.05, 4.69) is 33.1 Å². The molecule has 0 saturated carbocycles. The van der Waals surface area contributed by atoms with Crippen molar-refractivity contribution in [3.8, 4) is 0 Å². The maximum atomic E-state index is 5.45.